The smallest absolute Gasteiger partial charge is 0.147 e. The van der Waals surface area contributed by atoms with Crippen molar-refractivity contribution < 1.29 is 9.47 Å². The van der Waals surface area contributed by atoms with Gasteiger partial charge in [0.2, 0.25) is 0 Å². The molecule has 1 heterocycles. The van der Waals surface area contributed by atoms with Gasteiger partial charge >= 0.3 is 0 Å². The molecule has 0 aliphatic carbocycles. The number of aromatic nitrogens is 2. The van der Waals surface area contributed by atoms with E-state index < -0.39 is 0 Å². The average Bonchev–Trinajstić information content (AvgIpc) is 3.20. The van der Waals surface area contributed by atoms with Gasteiger partial charge < -0.3 is 14.0 Å². The third kappa shape index (κ3) is 4.85. The zero-order valence-corrected chi connectivity index (χ0v) is 18.9. The van der Waals surface area contributed by atoms with Crippen LogP contribution in [0.25, 0.3) is 21.8 Å². The Morgan fingerprint density at radius 2 is 1.55 bits per heavy atom. The van der Waals surface area contributed by atoms with Gasteiger partial charge in [0.25, 0.3) is 0 Å². The summed E-state index contributed by atoms with van der Waals surface area (Å²) in [6.07, 6.45) is 1.97. The quantitative estimate of drug-likeness (QED) is 0.235. The number of nitrogens with zero attached hydrogens (tertiary/aromatic N) is 2. The van der Waals surface area contributed by atoms with E-state index in [1.54, 1.807) is 0 Å². The van der Waals surface area contributed by atoms with E-state index in [0.717, 1.165) is 53.3 Å². The van der Waals surface area contributed by atoms with Gasteiger partial charge in [-0.3, -0.25) is 0 Å². The number of fused-ring (bicyclic) bond motifs is 2. The van der Waals surface area contributed by atoms with Crippen LogP contribution < -0.4 is 9.47 Å². The van der Waals surface area contributed by atoms with Gasteiger partial charge in [-0.05, 0) is 66.4 Å². The van der Waals surface area contributed by atoms with E-state index in [1.165, 1.54) is 10.8 Å². The molecule has 4 aromatic carbocycles. The molecule has 0 spiro atoms. The molecule has 5 aromatic rings. The molecule has 0 N–H and O–H groups in total. The van der Waals surface area contributed by atoms with E-state index >= 15 is 0 Å². The van der Waals surface area contributed by atoms with Crippen LogP contribution in [0.5, 0.6) is 11.5 Å². The van der Waals surface area contributed by atoms with Crippen molar-refractivity contribution in [3.05, 3.63) is 102 Å². The zero-order chi connectivity index (χ0) is 22.5. The second-order valence-corrected chi connectivity index (χ2v) is 8.29. The molecular formula is C29H28N2O2. The minimum Gasteiger partial charge on any atom is -0.494 e. The second kappa shape index (κ2) is 9.78. The number of benzene rings is 4. The number of ether oxygens (including phenoxy) is 2. The molecule has 0 atom stereocenters. The Balaban J connectivity index is 1.21. The van der Waals surface area contributed by atoms with Crippen molar-refractivity contribution in [2.75, 3.05) is 6.61 Å². The molecule has 0 bridgehead atoms. The highest BCUT2D eigenvalue weighted by molar-refractivity contribution is 5.83. The lowest BCUT2D eigenvalue weighted by molar-refractivity contribution is 0.283. The lowest BCUT2D eigenvalue weighted by atomic mass is 10.1. The van der Waals surface area contributed by atoms with Crippen molar-refractivity contribution in [3.63, 3.8) is 0 Å². The fraction of sp³-hybridized carbons (Fsp3) is 0.207. The molecule has 5 rings (SSSR count). The number of para-hydroxylation sites is 3. The molecule has 166 valence electrons. The Morgan fingerprint density at radius 3 is 2.45 bits per heavy atom. The first-order chi connectivity index (χ1) is 16.3. The van der Waals surface area contributed by atoms with Crippen LogP contribution in [-0.4, -0.2) is 16.2 Å². The van der Waals surface area contributed by atoms with Crippen LogP contribution in [0.2, 0.25) is 0 Å². The third-order valence-corrected chi connectivity index (χ3v) is 5.95. The molecule has 0 unspecified atom stereocenters. The molecule has 4 heteroatoms. The first kappa shape index (κ1) is 21.1. The number of unbranched alkanes of at least 4 members (excludes halogenated alkanes) is 1. The van der Waals surface area contributed by atoms with Crippen LogP contribution in [0.15, 0.2) is 91.0 Å². The minimum absolute atomic E-state index is 0.452. The Bertz CT molecular complexity index is 1370. The predicted molar refractivity (Wildman–Crippen MR) is 134 cm³/mol. The molecule has 0 aliphatic rings. The molecule has 0 aliphatic heterocycles. The largest absolute Gasteiger partial charge is 0.494 e. The number of imidazole rings is 1. The van der Waals surface area contributed by atoms with Gasteiger partial charge in [0.15, 0.2) is 0 Å². The van der Waals surface area contributed by atoms with Crippen LogP contribution in [0.1, 0.15) is 24.2 Å². The third-order valence-electron chi connectivity index (χ3n) is 5.95. The summed E-state index contributed by atoms with van der Waals surface area (Å²) in [6.45, 7) is 4.09. The van der Waals surface area contributed by atoms with Gasteiger partial charge in [-0.1, -0.05) is 60.7 Å². The maximum absolute atomic E-state index is 6.11. The molecule has 0 saturated heterocycles. The highest BCUT2D eigenvalue weighted by Gasteiger charge is 2.11. The lowest BCUT2D eigenvalue weighted by Gasteiger charge is -2.12. The average molecular weight is 437 g/mol. The van der Waals surface area contributed by atoms with Crippen molar-refractivity contribution in [2.24, 2.45) is 0 Å². The number of aryl methyl sites for hydroxylation is 2. The fourth-order valence-corrected chi connectivity index (χ4v) is 4.16. The van der Waals surface area contributed by atoms with Crippen molar-refractivity contribution in [2.45, 2.75) is 32.9 Å². The number of rotatable bonds is 9. The van der Waals surface area contributed by atoms with E-state index in [0.29, 0.717) is 13.2 Å². The summed E-state index contributed by atoms with van der Waals surface area (Å²) >= 11 is 0. The van der Waals surface area contributed by atoms with E-state index in [2.05, 4.69) is 72.2 Å². The van der Waals surface area contributed by atoms with Gasteiger partial charge in [-0.15, -0.1) is 0 Å². The molecule has 4 nitrogen and oxygen atoms in total. The fourth-order valence-electron chi connectivity index (χ4n) is 4.16. The Hall–Kier alpha value is -3.79. The van der Waals surface area contributed by atoms with Gasteiger partial charge in [-0.2, -0.15) is 0 Å². The molecule has 0 radical (unpaired) electrons. The minimum atomic E-state index is 0.452. The summed E-state index contributed by atoms with van der Waals surface area (Å²) in [5, 5.41) is 2.44. The summed E-state index contributed by atoms with van der Waals surface area (Å²) in [5.41, 5.74) is 3.29. The van der Waals surface area contributed by atoms with Crippen LogP contribution in [-0.2, 0) is 13.2 Å². The zero-order valence-electron chi connectivity index (χ0n) is 18.9. The molecule has 1 aromatic heterocycles. The van der Waals surface area contributed by atoms with E-state index in [-0.39, 0.29) is 0 Å². The normalized spacial score (nSPS) is 11.2. The highest BCUT2D eigenvalue weighted by atomic mass is 16.5. The summed E-state index contributed by atoms with van der Waals surface area (Å²) in [4.78, 5) is 4.84. The Labute approximate surface area is 194 Å². The number of hydrogen-bond acceptors (Lipinski definition) is 3. The van der Waals surface area contributed by atoms with Gasteiger partial charge in [-0.25, -0.2) is 4.98 Å². The van der Waals surface area contributed by atoms with Gasteiger partial charge in [0.05, 0.1) is 17.6 Å². The van der Waals surface area contributed by atoms with Crippen molar-refractivity contribution in [1.29, 1.82) is 0 Å². The van der Waals surface area contributed by atoms with Crippen LogP contribution >= 0.6 is 0 Å². The van der Waals surface area contributed by atoms with Crippen LogP contribution in [0.4, 0.5) is 0 Å². The van der Waals surface area contributed by atoms with Crippen molar-refractivity contribution in [3.8, 4) is 11.5 Å². The maximum atomic E-state index is 6.11. The van der Waals surface area contributed by atoms with E-state index in [9.17, 15) is 0 Å². The SMILES string of the molecule is Cc1ccccc1OCc1nc2ccccc2n1CCCCOc1ccc2ccccc2c1. The Kier molecular flexibility index (Phi) is 6.25. The number of hydrogen-bond donors (Lipinski definition) is 0. The molecular weight excluding hydrogens is 408 g/mol. The summed E-state index contributed by atoms with van der Waals surface area (Å²) in [6, 6.07) is 31.0. The first-order valence-corrected chi connectivity index (χ1v) is 11.5. The van der Waals surface area contributed by atoms with E-state index in [1.807, 2.05) is 30.3 Å². The standard InChI is InChI=1S/C29H28N2O2/c1-22-10-2-7-15-28(22)33-21-29-30-26-13-5-6-14-27(26)31(29)18-8-9-19-32-25-17-16-23-11-3-4-12-24(23)20-25/h2-7,10-17,20H,8-9,18-19,21H2,1H3. The summed E-state index contributed by atoms with van der Waals surface area (Å²) in [7, 11) is 0. The lowest BCUT2D eigenvalue weighted by Crippen LogP contribution is -2.09. The molecule has 0 saturated carbocycles. The Morgan fingerprint density at radius 1 is 0.758 bits per heavy atom. The van der Waals surface area contributed by atoms with Crippen LogP contribution in [0, 0.1) is 6.92 Å². The summed E-state index contributed by atoms with van der Waals surface area (Å²) in [5.74, 6) is 2.78. The topological polar surface area (TPSA) is 36.3 Å². The first-order valence-electron chi connectivity index (χ1n) is 11.5. The second-order valence-electron chi connectivity index (χ2n) is 8.29. The maximum Gasteiger partial charge on any atom is 0.147 e. The van der Waals surface area contributed by atoms with Crippen molar-refractivity contribution >= 4 is 21.8 Å². The summed E-state index contributed by atoms with van der Waals surface area (Å²) < 4.78 is 14.4. The molecule has 0 amide bonds. The monoisotopic (exact) mass is 436 g/mol. The van der Waals surface area contributed by atoms with Crippen molar-refractivity contribution in [1.82, 2.24) is 9.55 Å². The van der Waals surface area contributed by atoms with Gasteiger partial charge in [0, 0.05) is 6.54 Å². The van der Waals surface area contributed by atoms with E-state index in [4.69, 9.17) is 14.5 Å². The molecule has 33 heavy (non-hydrogen) atoms. The predicted octanol–water partition coefficient (Wildman–Crippen LogP) is 6.94. The van der Waals surface area contributed by atoms with Crippen LogP contribution in [0.3, 0.4) is 0 Å². The molecule has 0 fully saturated rings. The van der Waals surface area contributed by atoms with Gasteiger partial charge in [0.1, 0.15) is 23.9 Å². The highest BCUT2D eigenvalue weighted by Crippen LogP contribution is 2.22.